The van der Waals surface area contributed by atoms with E-state index in [9.17, 15) is 9.18 Å². The number of carbonyl (C=O) groups is 1. The van der Waals surface area contributed by atoms with Gasteiger partial charge in [-0.25, -0.2) is 9.37 Å². The molecule has 1 aromatic carbocycles. The van der Waals surface area contributed by atoms with Gasteiger partial charge in [0.1, 0.15) is 0 Å². The highest BCUT2D eigenvalue weighted by molar-refractivity contribution is 5.99. The largest absolute Gasteiger partial charge is 0.368 e. The first kappa shape index (κ1) is 13.5. The molecule has 0 bridgehead atoms. The van der Waals surface area contributed by atoms with Crippen LogP contribution in [0.25, 0.3) is 0 Å². The van der Waals surface area contributed by atoms with Crippen molar-refractivity contribution in [3.8, 4) is 0 Å². The number of halogens is 1. The topological polar surface area (TPSA) is 92.9 Å². The second kappa shape index (κ2) is 5.79. The molecule has 1 aromatic heterocycles. The SMILES string of the molecule is C=CC(=O)Nc1cccc(Nc2nc(N)ncc2F)c1. The summed E-state index contributed by atoms with van der Waals surface area (Å²) in [6.45, 7) is 3.36. The van der Waals surface area contributed by atoms with Crippen molar-refractivity contribution in [2.45, 2.75) is 0 Å². The number of hydrogen-bond donors (Lipinski definition) is 3. The summed E-state index contributed by atoms with van der Waals surface area (Å²) in [6.07, 6.45) is 2.14. The van der Waals surface area contributed by atoms with Gasteiger partial charge in [0.25, 0.3) is 0 Å². The quantitative estimate of drug-likeness (QED) is 0.741. The maximum absolute atomic E-state index is 13.5. The van der Waals surface area contributed by atoms with E-state index in [1.165, 1.54) is 0 Å². The molecule has 0 atom stereocenters. The Morgan fingerprint density at radius 3 is 2.90 bits per heavy atom. The summed E-state index contributed by atoms with van der Waals surface area (Å²) in [7, 11) is 0. The van der Waals surface area contributed by atoms with Gasteiger partial charge in [0.2, 0.25) is 11.9 Å². The van der Waals surface area contributed by atoms with Gasteiger partial charge in [-0.15, -0.1) is 0 Å². The fourth-order valence-corrected chi connectivity index (χ4v) is 1.47. The predicted molar refractivity (Wildman–Crippen MR) is 75.0 cm³/mol. The number of carbonyl (C=O) groups excluding carboxylic acids is 1. The van der Waals surface area contributed by atoms with Crippen LogP contribution in [0.2, 0.25) is 0 Å². The van der Waals surface area contributed by atoms with Gasteiger partial charge in [-0.3, -0.25) is 4.79 Å². The molecular formula is C13H12FN5O. The van der Waals surface area contributed by atoms with Gasteiger partial charge in [-0.05, 0) is 24.3 Å². The molecule has 102 valence electrons. The van der Waals surface area contributed by atoms with E-state index >= 15 is 0 Å². The van der Waals surface area contributed by atoms with E-state index < -0.39 is 5.82 Å². The maximum atomic E-state index is 13.5. The van der Waals surface area contributed by atoms with Crippen LogP contribution < -0.4 is 16.4 Å². The molecule has 0 aliphatic heterocycles. The molecule has 20 heavy (non-hydrogen) atoms. The Balaban J connectivity index is 2.21. The number of benzene rings is 1. The molecule has 0 fully saturated rings. The number of anilines is 4. The zero-order valence-electron chi connectivity index (χ0n) is 10.4. The number of nitrogens with zero attached hydrogens (tertiary/aromatic N) is 2. The Morgan fingerprint density at radius 1 is 1.40 bits per heavy atom. The van der Waals surface area contributed by atoms with Crippen LogP contribution in [0.4, 0.5) is 27.5 Å². The van der Waals surface area contributed by atoms with E-state index in [0.29, 0.717) is 11.4 Å². The number of nitrogen functional groups attached to an aromatic ring is 1. The second-order valence-electron chi connectivity index (χ2n) is 3.82. The first-order valence-corrected chi connectivity index (χ1v) is 5.67. The summed E-state index contributed by atoms with van der Waals surface area (Å²) in [6, 6.07) is 6.71. The number of hydrogen-bond acceptors (Lipinski definition) is 5. The van der Waals surface area contributed by atoms with Gasteiger partial charge < -0.3 is 16.4 Å². The average Bonchev–Trinajstić information content (AvgIpc) is 2.43. The van der Waals surface area contributed by atoms with Gasteiger partial charge in [0.15, 0.2) is 11.6 Å². The summed E-state index contributed by atoms with van der Waals surface area (Å²) < 4.78 is 13.5. The molecule has 0 aliphatic rings. The molecule has 0 unspecified atom stereocenters. The van der Waals surface area contributed by atoms with Crippen molar-refractivity contribution in [3.05, 3.63) is 48.9 Å². The molecule has 2 aromatic rings. The zero-order valence-corrected chi connectivity index (χ0v) is 10.4. The standard InChI is InChI=1S/C13H12FN5O/c1-2-11(20)17-8-4-3-5-9(6-8)18-12-10(14)7-16-13(15)19-12/h2-7H,1H2,(H,17,20)(H3,15,16,18,19). The highest BCUT2D eigenvalue weighted by Gasteiger charge is 2.06. The molecule has 0 aliphatic carbocycles. The van der Waals surface area contributed by atoms with Gasteiger partial charge in [-0.1, -0.05) is 12.6 Å². The molecule has 1 heterocycles. The van der Waals surface area contributed by atoms with Crippen LogP contribution in [0.3, 0.4) is 0 Å². The van der Waals surface area contributed by atoms with Gasteiger partial charge in [-0.2, -0.15) is 4.98 Å². The van der Waals surface area contributed by atoms with Crippen LogP contribution in [0.5, 0.6) is 0 Å². The fourth-order valence-electron chi connectivity index (χ4n) is 1.47. The molecule has 4 N–H and O–H groups in total. The number of amides is 1. The van der Waals surface area contributed by atoms with E-state index in [1.54, 1.807) is 24.3 Å². The number of nitrogens with one attached hydrogen (secondary N) is 2. The minimum absolute atomic E-state index is 0.0370. The Labute approximate surface area is 114 Å². The van der Waals surface area contributed by atoms with E-state index in [2.05, 4.69) is 27.2 Å². The zero-order chi connectivity index (χ0) is 14.5. The van der Waals surface area contributed by atoms with Crippen LogP contribution >= 0.6 is 0 Å². The van der Waals surface area contributed by atoms with Crippen molar-refractivity contribution >= 4 is 29.0 Å². The lowest BCUT2D eigenvalue weighted by atomic mass is 10.2. The van der Waals surface area contributed by atoms with Crippen molar-refractivity contribution in [2.75, 3.05) is 16.4 Å². The second-order valence-corrected chi connectivity index (χ2v) is 3.82. The van der Waals surface area contributed by atoms with Crippen LogP contribution in [-0.4, -0.2) is 15.9 Å². The van der Waals surface area contributed by atoms with Crippen molar-refractivity contribution < 1.29 is 9.18 Å². The molecule has 0 saturated carbocycles. The minimum atomic E-state index is -0.625. The third-order valence-corrected chi connectivity index (χ3v) is 2.34. The monoisotopic (exact) mass is 273 g/mol. The van der Waals surface area contributed by atoms with Crippen molar-refractivity contribution in [2.24, 2.45) is 0 Å². The minimum Gasteiger partial charge on any atom is -0.368 e. The van der Waals surface area contributed by atoms with Crippen molar-refractivity contribution in [3.63, 3.8) is 0 Å². The highest BCUT2D eigenvalue weighted by atomic mass is 19.1. The smallest absolute Gasteiger partial charge is 0.247 e. The first-order valence-electron chi connectivity index (χ1n) is 5.67. The molecule has 1 amide bonds. The van der Waals surface area contributed by atoms with Gasteiger partial charge in [0.05, 0.1) is 6.20 Å². The molecule has 0 radical (unpaired) electrons. The Morgan fingerprint density at radius 2 is 2.15 bits per heavy atom. The number of aromatic nitrogens is 2. The predicted octanol–water partition coefficient (Wildman–Crippen LogP) is 2.07. The molecule has 6 nitrogen and oxygen atoms in total. The molecule has 2 rings (SSSR count). The van der Waals surface area contributed by atoms with E-state index in [4.69, 9.17) is 5.73 Å². The number of rotatable bonds is 4. The third-order valence-electron chi connectivity index (χ3n) is 2.34. The first-order chi connectivity index (χ1) is 9.58. The lowest BCUT2D eigenvalue weighted by Gasteiger charge is -2.09. The van der Waals surface area contributed by atoms with E-state index in [1.807, 2.05) is 0 Å². The highest BCUT2D eigenvalue weighted by Crippen LogP contribution is 2.20. The van der Waals surface area contributed by atoms with Crippen LogP contribution in [-0.2, 0) is 4.79 Å². The summed E-state index contributed by atoms with van der Waals surface area (Å²) >= 11 is 0. The van der Waals surface area contributed by atoms with Crippen LogP contribution in [0.1, 0.15) is 0 Å². The summed E-state index contributed by atoms with van der Waals surface area (Å²) in [5.74, 6) is -1.03. The number of nitrogens with two attached hydrogens (primary N) is 1. The lowest BCUT2D eigenvalue weighted by molar-refractivity contribution is -0.111. The third kappa shape index (κ3) is 3.29. The average molecular weight is 273 g/mol. The maximum Gasteiger partial charge on any atom is 0.247 e. The molecular weight excluding hydrogens is 261 g/mol. The Kier molecular flexibility index (Phi) is 3.90. The van der Waals surface area contributed by atoms with Crippen molar-refractivity contribution in [1.29, 1.82) is 0 Å². The Hall–Kier alpha value is -2.96. The normalized spacial score (nSPS) is 9.85. The van der Waals surface area contributed by atoms with Crippen LogP contribution in [0, 0.1) is 5.82 Å². The van der Waals surface area contributed by atoms with Gasteiger partial charge in [0, 0.05) is 11.4 Å². The summed E-state index contributed by atoms with van der Waals surface area (Å²) in [4.78, 5) is 18.5. The van der Waals surface area contributed by atoms with E-state index in [0.717, 1.165) is 12.3 Å². The van der Waals surface area contributed by atoms with Crippen LogP contribution in [0.15, 0.2) is 43.1 Å². The van der Waals surface area contributed by atoms with E-state index in [-0.39, 0.29) is 17.7 Å². The molecule has 0 saturated heterocycles. The van der Waals surface area contributed by atoms with Gasteiger partial charge >= 0.3 is 0 Å². The Bertz CT molecular complexity index is 659. The summed E-state index contributed by atoms with van der Waals surface area (Å²) in [5, 5.41) is 5.36. The lowest BCUT2D eigenvalue weighted by Crippen LogP contribution is -2.07. The van der Waals surface area contributed by atoms with Crippen molar-refractivity contribution in [1.82, 2.24) is 9.97 Å². The summed E-state index contributed by atoms with van der Waals surface area (Å²) in [5.41, 5.74) is 6.49. The molecule has 7 heteroatoms. The molecule has 0 spiro atoms. The fraction of sp³-hybridized carbons (Fsp3) is 0.